The maximum absolute atomic E-state index is 12.1. The van der Waals surface area contributed by atoms with Crippen molar-refractivity contribution < 1.29 is 14.3 Å². The molecule has 2 aromatic rings. The summed E-state index contributed by atoms with van der Waals surface area (Å²) in [6.45, 7) is 2.09. The summed E-state index contributed by atoms with van der Waals surface area (Å²) >= 11 is 0. The van der Waals surface area contributed by atoms with Crippen LogP contribution in [0.4, 0.5) is 0 Å². The molecule has 0 fully saturated rings. The molecule has 20 heavy (non-hydrogen) atoms. The lowest BCUT2D eigenvalue weighted by Gasteiger charge is -2.10. The van der Waals surface area contributed by atoms with Gasteiger partial charge in [-0.15, -0.1) is 0 Å². The van der Waals surface area contributed by atoms with Crippen molar-refractivity contribution in [1.82, 2.24) is 0 Å². The molecular formula is C17H18O3. The Morgan fingerprint density at radius 3 is 2.65 bits per heavy atom. The number of rotatable bonds is 6. The molecule has 0 saturated carbocycles. The summed E-state index contributed by atoms with van der Waals surface area (Å²) in [6.07, 6.45) is 0.878. The van der Waals surface area contributed by atoms with E-state index in [4.69, 9.17) is 9.47 Å². The number of methoxy groups -OCH3 is 1. The molecule has 0 N–H and O–H groups in total. The number of hydrogen-bond donors (Lipinski definition) is 0. The first-order valence-electron chi connectivity index (χ1n) is 6.62. The average Bonchev–Trinajstić information content (AvgIpc) is 2.52. The van der Waals surface area contributed by atoms with Gasteiger partial charge in [0.2, 0.25) is 0 Å². The molecule has 0 aromatic heterocycles. The number of carbonyl (C=O) groups is 1. The fourth-order valence-electron chi connectivity index (χ4n) is 1.96. The van der Waals surface area contributed by atoms with Crippen molar-refractivity contribution in [2.45, 2.75) is 13.3 Å². The highest BCUT2D eigenvalue weighted by Crippen LogP contribution is 2.19. The van der Waals surface area contributed by atoms with Gasteiger partial charge >= 0.3 is 0 Å². The first kappa shape index (κ1) is 14.1. The van der Waals surface area contributed by atoms with Gasteiger partial charge in [-0.05, 0) is 30.2 Å². The molecule has 0 aliphatic rings. The van der Waals surface area contributed by atoms with E-state index in [-0.39, 0.29) is 12.4 Å². The minimum absolute atomic E-state index is 0.0319. The Labute approximate surface area is 119 Å². The van der Waals surface area contributed by atoms with E-state index in [0.717, 1.165) is 17.7 Å². The summed E-state index contributed by atoms with van der Waals surface area (Å²) < 4.78 is 10.7. The van der Waals surface area contributed by atoms with Crippen LogP contribution < -0.4 is 9.47 Å². The largest absolute Gasteiger partial charge is 0.497 e. The molecular weight excluding hydrogens is 252 g/mol. The van der Waals surface area contributed by atoms with Crippen LogP contribution in [0.2, 0.25) is 0 Å². The number of carbonyl (C=O) groups excluding carboxylic acids is 1. The van der Waals surface area contributed by atoms with Crippen LogP contribution in [0.25, 0.3) is 0 Å². The Bertz CT molecular complexity index is 590. The molecule has 0 radical (unpaired) electrons. The number of ether oxygens (including phenoxy) is 2. The van der Waals surface area contributed by atoms with Gasteiger partial charge in [-0.2, -0.15) is 0 Å². The quantitative estimate of drug-likeness (QED) is 0.753. The number of Topliss-reactive ketones (excluding diaryl/α,β-unsaturated/α-hetero) is 1. The topological polar surface area (TPSA) is 35.5 Å². The number of ketones is 1. The Balaban J connectivity index is 2.04. The van der Waals surface area contributed by atoms with Gasteiger partial charge in [-0.25, -0.2) is 0 Å². The summed E-state index contributed by atoms with van der Waals surface area (Å²) in [6, 6.07) is 14.9. The van der Waals surface area contributed by atoms with Crippen molar-refractivity contribution in [2.75, 3.05) is 13.7 Å². The van der Waals surface area contributed by atoms with Crippen LogP contribution in [0.3, 0.4) is 0 Å². The second kappa shape index (κ2) is 6.75. The molecule has 3 nitrogen and oxygen atoms in total. The fourth-order valence-corrected chi connectivity index (χ4v) is 1.96. The molecule has 0 spiro atoms. The van der Waals surface area contributed by atoms with Gasteiger partial charge in [0.05, 0.1) is 7.11 Å². The standard InChI is InChI=1S/C17H18O3/c1-3-13-7-4-5-10-17(13)20-12-16(18)14-8-6-9-15(11-14)19-2/h4-11H,3,12H2,1-2H3. The van der Waals surface area contributed by atoms with Gasteiger partial charge in [-0.1, -0.05) is 37.3 Å². The molecule has 0 heterocycles. The van der Waals surface area contributed by atoms with E-state index >= 15 is 0 Å². The third-order valence-corrected chi connectivity index (χ3v) is 3.10. The molecule has 0 aliphatic heterocycles. The third-order valence-electron chi connectivity index (χ3n) is 3.10. The Morgan fingerprint density at radius 1 is 1.10 bits per heavy atom. The van der Waals surface area contributed by atoms with Gasteiger partial charge in [-0.3, -0.25) is 4.79 Å². The molecule has 0 saturated heterocycles. The second-order valence-electron chi connectivity index (χ2n) is 4.41. The lowest BCUT2D eigenvalue weighted by atomic mass is 10.1. The van der Waals surface area contributed by atoms with Crippen LogP contribution in [0.5, 0.6) is 11.5 Å². The monoisotopic (exact) mass is 270 g/mol. The van der Waals surface area contributed by atoms with Crippen molar-refractivity contribution in [3.05, 3.63) is 59.7 Å². The number of benzene rings is 2. The first-order chi connectivity index (χ1) is 9.74. The normalized spacial score (nSPS) is 10.1. The Kier molecular flexibility index (Phi) is 4.77. The van der Waals surface area contributed by atoms with Crippen LogP contribution in [0.1, 0.15) is 22.8 Å². The minimum Gasteiger partial charge on any atom is -0.497 e. The molecule has 3 heteroatoms. The predicted molar refractivity (Wildman–Crippen MR) is 78.6 cm³/mol. The number of hydrogen-bond acceptors (Lipinski definition) is 3. The van der Waals surface area contributed by atoms with Crippen molar-refractivity contribution in [3.8, 4) is 11.5 Å². The second-order valence-corrected chi connectivity index (χ2v) is 4.41. The van der Waals surface area contributed by atoms with E-state index in [9.17, 15) is 4.79 Å². The highest BCUT2D eigenvalue weighted by Gasteiger charge is 2.09. The fraction of sp³-hybridized carbons (Fsp3) is 0.235. The van der Waals surface area contributed by atoms with Crippen LogP contribution in [0.15, 0.2) is 48.5 Å². The predicted octanol–water partition coefficient (Wildman–Crippen LogP) is 3.52. The first-order valence-corrected chi connectivity index (χ1v) is 6.62. The summed E-state index contributed by atoms with van der Waals surface area (Å²) in [5, 5.41) is 0. The van der Waals surface area contributed by atoms with Crippen molar-refractivity contribution in [3.63, 3.8) is 0 Å². The van der Waals surface area contributed by atoms with E-state index in [1.165, 1.54) is 0 Å². The Hall–Kier alpha value is -2.29. The van der Waals surface area contributed by atoms with E-state index in [0.29, 0.717) is 11.3 Å². The molecule has 2 rings (SSSR count). The Morgan fingerprint density at radius 2 is 1.90 bits per heavy atom. The van der Waals surface area contributed by atoms with Gasteiger partial charge in [0.25, 0.3) is 0 Å². The van der Waals surface area contributed by atoms with E-state index < -0.39 is 0 Å². The molecule has 0 unspecified atom stereocenters. The summed E-state index contributed by atoms with van der Waals surface area (Å²) in [5.41, 5.74) is 1.70. The van der Waals surface area contributed by atoms with Crippen LogP contribution in [-0.4, -0.2) is 19.5 Å². The third kappa shape index (κ3) is 3.38. The molecule has 0 bridgehead atoms. The molecule has 104 valence electrons. The lowest BCUT2D eigenvalue weighted by Crippen LogP contribution is -2.12. The maximum Gasteiger partial charge on any atom is 0.200 e. The molecule has 0 amide bonds. The zero-order valence-corrected chi connectivity index (χ0v) is 11.8. The van der Waals surface area contributed by atoms with E-state index in [1.807, 2.05) is 30.3 Å². The summed E-state index contributed by atoms with van der Waals surface area (Å²) in [5.74, 6) is 1.38. The van der Waals surface area contributed by atoms with Gasteiger partial charge < -0.3 is 9.47 Å². The lowest BCUT2D eigenvalue weighted by molar-refractivity contribution is 0.0920. The zero-order chi connectivity index (χ0) is 14.4. The van der Waals surface area contributed by atoms with E-state index in [1.54, 1.807) is 25.3 Å². The SMILES string of the molecule is CCc1ccccc1OCC(=O)c1cccc(OC)c1. The van der Waals surface area contributed by atoms with Crippen LogP contribution in [-0.2, 0) is 6.42 Å². The summed E-state index contributed by atoms with van der Waals surface area (Å²) in [7, 11) is 1.58. The molecule has 0 atom stereocenters. The van der Waals surface area contributed by atoms with Crippen LogP contribution >= 0.6 is 0 Å². The van der Waals surface area contributed by atoms with Gasteiger partial charge in [0, 0.05) is 5.56 Å². The minimum atomic E-state index is -0.0604. The van der Waals surface area contributed by atoms with Crippen molar-refractivity contribution in [1.29, 1.82) is 0 Å². The van der Waals surface area contributed by atoms with Crippen LogP contribution in [0, 0.1) is 0 Å². The smallest absolute Gasteiger partial charge is 0.200 e. The molecule has 0 aliphatic carbocycles. The average molecular weight is 270 g/mol. The van der Waals surface area contributed by atoms with Gasteiger partial charge in [0.15, 0.2) is 12.4 Å². The zero-order valence-electron chi connectivity index (χ0n) is 11.8. The van der Waals surface area contributed by atoms with Crippen molar-refractivity contribution in [2.24, 2.45) is 0 Å². The molecule has 2 aromatic carbocycles. The van der Waals surface area contributed by atoms with Gasteiger partial charge in [0.1, 0.15) is 11.5 Å². The highest BCUT2D eigenvalue weighted by molar-refractivity contribution is 5.97. The van der Waals surface area contributed by atoms with Crippen molar-refractivity contribution >= 4 is 5.78 Å². The number of aryl methyl sites for hydroxylation is 1. The van der Waals surface area contributed by atoms with E-state index in [2.05, 4.69) is 6.92 Å². The number of para-hydroxylation sites is 1. The maximum atomic E-state index is 12.1. The summed E-state index contributed by atoms with van der Waals surface area (Å²) in [4.78, 5) is 12.1. The highest BCUT2D eigenvalue weighted by atomic mass is 16.5.